The molecule has 0 aromatic heterocycles. The monoisotopic (exact) mass is 973 g/mol. The van der Waals surface area contributed by atoms with Gasteiger partial charge in [-0.25, -0.2) is 0 Å². The van der Waals surface area contributed by atoms with Crippen LogP contribution >= 0.6 is 0 Å². The SMILES string of the molecule is c1ccc(-c2c3ccccc3c(-c3ccc(N(c4ccc5c(c4)-c4ccccc4C54c5ccccc5-c5ccccc54)c4ccc5c(c4)-c4ccccc4C54c5ccccc5-c5ccccc54)cc3)c3ccccc23)cc1. The van der Waals surface area contributed by atoms with Crippen molar-refractivity contribution in [1.29, 1.82) is 0 Å². The number of anilines is 3. The second kappa shape index (κ2) is 15.9. The number of fused-ring (bicyclic) bond motifs is 22. The van der Waals surface area contributed by atoms with Crippen molar-refractivity contribution < 1.29 is 0 Å². The van der Waals surface area contributed by atoms with Crippen molar-refractivity contribution >= 4 is 38.6 Å². The molecule has 0 aliphatic heterocycles. The molecule has 0 amide bonds. The van der Waals surface area contributed by atoms with Gasteiger partial charge in [-0.2, -0.15) is 0 Å². The van der Waals surface area contributed by atoms with Crippen molar-refractivity contribution in [2.75, 3.05) is 4.90 Å². The van der Waals surface area contributed by atoms with E-state index in [2.05, 4.69) is 290 Å². The van der Waals surface area contributed by atoms with Gasteiger partial charge >= 0.3 is 0 Å². The van der Waals surface area contributed by atoms with Crippen molar-refractivity contribution in [2.45, 2.75) is 10.8 Å². The number of rotatable bonds is 5. The molecule has 2 spiro atoms. The van der Waals surface area contributed by atoms with Gasteiger partial charge in [0.25, 0.3) is 0 Å². The highest BCUT2D eigenvalue weighted by Gasteiger charge is 2.53. The van der Waals surface area contributed by atoms with Gasteiger partial charge in [0, 0.05) is 17.1 Å². The van der Waals surface area contributed by atoms with E-state index in [1.54, 1.807) is 0 Å². The summed E-state index contributed by atoms with van der Waals surface area (Å²) in [6, 6.07) is 107. The Morgan fingerprint density at radius 2 is 0.455 bits per heavy atom. The molecule has 0 fully saturated rings. The van der Waals surface area contributed by atoms with Gasteiger partial charge in [0.15, 0.2) is 0 Å². The molecular weight excluding hydrogens is 927 g/mol. The van der Waals surface area contributed by atoms with Crippen LogP contribution in [0.1, 0.15) is 44.5 Å². The van der Waals surface area contributed by atoms with E-state index in [4.69, 9.17) is 0 Å². The fourth-order valence-corrected chi connectivity index (χ4v) is 15.0. The van der Waals surface area contributed by atoms with Crippen LogP contribution in [0.5, 0.6) is 0 Å². The van der Waals surface area contributed by atoms with E-state index >= 15 is 0 Å². The topological polar surface area (TPSA) is 3.24 Å². The summed E-state index contributed by atoms with van der Waals surface area (Å²) >= 11 is 0. The molecule has 13 aromatic carbocycles. The Balaban J connectivity index is 0.893. The fourth-order valence-electron chi connectivity index (χ4n) is 15.0. The molecule has 1 heteroatoms. The molecule has 0 unspecified atom stereocenters. The molecule has 356 valence electrons. The van der Waals surface area contributed by atoms with E-state index in [9.17, 15) is 0 Å². The van der Waals surface area contributed by atoms with Gasteiger partial charge in [-0.1, -0.05) is 249 Å². The van der Waals surface area contributed by atoms with Crippen molar-refractivity contribution in [3.05, 3.63) is 330 Å². The molecule has 13 aromatic rings. The van der Waals surface area contributed by atoms with E-state index < -0.39 is 10.8 Å². The Labute approximate surface area is 448 Å². The highest BCUT2D eigenvalue weighted by atomic mass is 15.1. The molecule has 0 bridgehead atoms. The molecule has 4 aliphatic carbocycles. The molecule has 0 N–H and O–H groups in total. The van der Waals surface area contributed by atoms with Gasteiger partial charge in [0.2, 0.25) is 0 Å². The van der Waals surface area contributed by atoms with Crippen molar-refractivity contribution in [3.63, 3.8) is 0 Å². The van der Waals surface area contributed by atoms with Crippen molar-refractivity contribution in [1.82, 2.24) is 0 Å². The Kier molecular flexibility index (Phi) is 8.75. The van der Waals surface area contributed by atoms with Gasteiger partial charge in [0.1, 0.15) is 0 Å². The molecule has 0 heterocycles. The first kappa shape index (κ1) is 42.5. The van der Waals surface area contributed by atoms with Crippen LogP contribution in [-0.4, -0.2) is 0 Å². The minimum atomic E-state index is -0.425. The zero-order chi connectivity index (χ0) is 50.4. The predicted octanol–water partition coefficient (Wildman–Crippen LogP) is 19.5. The zero-order valence-electron chi connectivity index (χ0n) is 42.1. The molecule has 4 aliphatic rings. The number of hydrogen-bond donors (Lipinski definition) is 0. The van der Waals surface area contributed by atoms with Crippen LogP contribution in [-0.2, 0) is 10.8 Å². The summed E-state index contributed by atoms with van der Waals surface area (Å²) in [7, 11) is 0. The van der Waals surface area contributed by atoms with E-state index in [0.717, 1.165) is 17.1 Å². The lowest BCUT2D eigenvalue weighted by Crippen LogP contribution is -2.26. The third kappa shape index (κ3) is 5.52. The van der Waals surface area contributed by atoms with Crippen LogP contribution in [0.4, 0.5) is 17.1 Å². The number of hydrogen-bond acceptors (Lipinski definition) is 1. The predicted molar refractivity (Wildman–Crippen MR) is 320 cm³/mol. The maximum absolute atomic E-state index is 2.51. The molecule has 1 nitrogen and oxygen atoms in total. The largest absolute Gasteiger partial charge is 0.310 e. The highest BCUT2D eigenvalue weighted by molar-refractivity contribution is 6.21. The molecule has 17 rings (SSSR count). The fraction of sp³-hybridized carbons (Fsp3) is 0.0263. The summed E-state index contributed by atoms with van der Waals surface area (Å²) in [5.74, 6) is 0. The van der Waals surface area contributed by atoms with E-state index in [1.807, 2.05) is 0 Å². The van der Waals surface area contributed by atoms with Crippen LogP contribution in [0.3, 0.4) is 0 Å². The lowest BCUT2D eigenvalue weighted by Gasteiger charge is -2.32. The zero-order valence-corrected chi connectivity index (χ0v) is 42.1. The van der Waals surface area contributed by atoms with Gasteiger partial charge in [0.05, 0.1) is 10.8 Å². The van der Waals surface area contributed by atoms with Crippen LogP contribution in [0.25, 0.3) is 88.3 Å². The van der Waals surface area contributed by atoms with Gasteiger partial charge in [-0.3, -0.25) is 0 Å². The number of benzene rings is 13. The highest BCUT2D eigenvalue weighted by Crippen LogP contribution is 2.65. The average molecular weight is 974 g/mol. The summed E-state index contributed by atoms with van der Waals surface area (Å²) in [5, 5.41) is 5.01. The van der Waals surface area contributed by atoms with Crippen LogP contribution in [0, 0.1) is 0 Å². The molecule has 0 saturated heterocycles. The Hall–Kier alpha value is -9.82. The Bertz CT molecular complexity index is 4290. The first-order chi connectivity index (χ1) is 38.2. The van der Waals surface area contributed by atoms with Crippen LogP contribution in [0.2, 0.25) is 0 Å². The van der Waals surface area contributed by atoms with Gasteiger partial charge < -0.3 is 4.90 Å². The van der Waals surface area contributed by atoms with E-state index in [0.29, 0.717) is 0 Å². The van der Waals surface area contributed by atoms with Gasteiger partial charge in [-0.05, 0) is 169 Å². The van der Waals surface area contributed by atoms with Crippen LogP contribution in [0.15, 0.2) is 285 Å². The Morgan fingerprint density at radius 3 is 0.805 bits per heavy atom. The molecule has 0 atom stereocenters. The van der Waals surface area contributed by atoms with Crippen molar-refractivity contribution in [3.8, 4) is 66.8 Å². The third-order valence-corrected chi connectivity index (χ3v) is 17.9. The third-order valence-electron chi connectivity index (χ3n) is 17.9. The van der Waals surface area contributed by atoms with Crippen LogP contribution < -0.4 is 4.90 Å². The summed E-state index contributed by atoms with van der Waals surface area (Å²) in [6.45, 7) is 0. The first-order valence-corrected chi connectivity index (χ1v) is 27.0. The minimum Gasteiger partial charge on any atom is -0.310 e. The maximum atomic E-state index is 2.51. The smallest absolute Gasteiger partial charge is 0.0725 e. The summed E-state index contributed by atoms with van der Waals surface area (Å²) in [4.78, 5) is 2.51. The minimum absolute atomic E-state index is 0.425. The lowest BCUT2D eigenvalue weighted by atomic mass is 9.70. The summed E-state index contributed by atoms with van der Waals surface area (Å²) in [5.41, 5.74) is 28.5. The first-order valence-electron chi connectivity index (χ1n) is 27.0. The Morgan fingerprint density at radius 1 is 0.195 bits per heavy atom. The molecule has 0 radical (unpaired) electrons. The molecule has 77 heavy (non-hydrogen) atoms. The summed E-state index contributed by atoms with van der Waals surface area (Å²) < 4.78 is 0. The maximum Gasteiger partial charge on any atom is 0.0725 e. The summed E-state index contributed by atoms with van der Waals surface area (Å²) in [6.07, 6.45) is 0. The van der Waals surface area contributed by atoms with E-state index in [-0.39, 0.29) is 0 Å². The number of nitrogens with zero attached hydrogens (tertiary/aromatic N) is 1. The second-order valence-corrected chi connectivity index (χ2v) is 21.3. The van der Waals surface area contributed by atoms with Gasteiger partial charge in [-0.15, -0.1) is 0 Å². The molecule has 0 saturated carbocycles. The second-order valence-electron chi connectivity index (χ2n) is 21.3. The average Bonchev–Trinajstić information content (AvgIpc) is 4.38. The standard InChI is InChI=1S/C76H47N/c1-2-20-48(21-3-1)73-59-28-4-6-30-61(59)74(62-31-7-5-29-60(62)73)49-38-40-50(41-39-49)77(51-42-44-71-63(46-51)57-26-12-18-36-69(57)75(71)65-32-14-8-22-53(65)54-23-9-15-33-66(54)75)52-43-45-72-64(47-52)58-27-13-19-37-70(58)76(72)67-34-16-10-24-55(67)56-25-11-17-35-68(56)76/h1-47H. The molecular formula is C76H47N. The van der Waals surface area contributed by atoms with E-state index in [1.165, 1.54) is 133 Å². The van der Waals surface area contributed by atoms with Crippen molar-refractivity contribution in [2.24, 2.45) is 0 Å². The normalized spacial score (nSPS) is 13.9. The lowest BCUT2D eigenvalue weighted by molar-refractivity contribution is 0.793. The quantitative estimate of drug-likeness (QED) is 0.155.